The van der Waals surface area contributed by atoms with Crippen LogP contribution in [0.2, 0.25) is 0 Å². The largest absolute Gasteiger partial charge is 0.478 e. The molecule has 0 unspecified atom stereocenters. The molecule has 0 aliphatic carbocycles. The molecule has 0 aliphatic rings. The molecule has 2 N–H and O–H groups in total. The first-order valence-electron chi connectivity index (χ1n) is 7.85. The van der Waals surface area contributed by atoms with Crippen LogP contribution in [0, 0.1) is 0 Å². The lowest BCUT2D eigenvalue weighted by Crippen LogP contribution is -2.12. The Hall–Kier alpha value is -3.04. The van der Waals surface area contributed by atoms with Crippen LogP contribution in [-0.2, 0) is 10.1 Å². The topological polar surface area (TPSA) is 118 Å². The van der Waals surface area contributed by atoms with Gasteiger partial charge >= 0.3 is 22.1 Å². The quantitative estimate of drug-likeness (QED) is 0.459. The first kappa shape index (κ1) is 19.7. The summed E-state index contributed by atoms with van der Waals surface area (Å²) in [5, 5.41) is 18.6. The van der Waals surface area contributed by atoms with Crippen molar-refractivity contribution in [1.82, 2.24) is 0 Å². The molecule has 0 fully saturated rings. The van der Waals surface area contributed by atoms with E-state index >= 15 is 0 Å². The van der Waals surface area contributed by atoms with Crippen LogP contribution < -0.4 is 4.18 Å². The van der Waals surface area contributed by atoms with Crippen molar-refractivity contribution >= 4 is 44.6 Å². The van der Waals surface area contributed by atoms with Crippen molar-refractivity contribution in [1.29, 1.82) is 0 Å². The lowest BCUT2D eigenvalue weighted by molar-refractivity contribution is 0.0695. The molecule has 0 atom stereocenters. The molecule has 9 heteroatoms. The SMILES string of the molecule is CSc1ccc(OS(=O)(=O)c2ccc(C(=O)O)c3c(C(=O)O)cccc23)cc1. The monoisotopic (exact) mass is 418 g/mol. The highest BCUT2D eigenvalue weighted by atomic mass is 32.2. The van der Waals surface area contributed by atoms with Crippen molar-refractivity contribution < 1.29 is 32.4 Å². The van der Waals surface area contributed by atoms with E-state index in [9.17, 15) is 28.2 Å². The molecule has 0 spiro atoms. The van der Waals surface area contributed by atoms with E-state index < -0.39 is 22.1 Å². The molecule has 0 aliphatic heterocycles. The Bertz CT molecular complexity index is 1160. The van der Waals surface area contributed by atoms with Crippen LogP contribution in [0.5, 0.6) is 5.75 Å². The second-order valence-electron chi connectivity index (χ2n) is 5.66. The fraction of sp³-hybridized carbons (Fsp3) is 0.0526. The summed E-state index contributed by atoms with van der Waals surface area (Å²) in [6.07, 6.45) is 1.88. The van der Waals surface area contributed by atoms with Crippen LogP contribution in [-0.4, -0.2) is 36.8 Å². The molecule has 0 amide bonds. The van der Waals surface area contributed by atoms with Gasteiger partial charge in [-0.2, -0.15) is 8.42 Å². The van der Waals surface area contributed by atoms with Crippen LogP contribution in [0.15, 0.2) is 64.4 Å². The van der Waals surface area contributed by atoms with Gasteiger partial charge in [0.25, 0.3) is 0 Å². The van der Waals surface area contributed by atoms with E-state index in [-0.39, 0.29) is 32.5 Å². The molecule has 7 nitrogen and oxygen atoms in total. The summed E-state index contributed by atoms with van der Waals surface area (Å²) in [6.45, 7) is 0. The lowest BCUT2D eigenvalue weighted by Gasteiger charge is -2.13. The van der Waals surface area contributed by atoms with Gasteiger partial charge < -0.3 is 14.4 Å². The number of hydrogen-bond donors (Lipinski definition) is 2. The molecule has 3 aromatic rings. The van der Waals surface area contributed by atoms with E-state index in [4.69, 9.17) is 4.18 Å². The molecule has 0 aromatic heterocycles. The van der Waals surface area contributed by atoms with E-state index in [2.05, 4.69) is 0 Å². The van der Waals surface area contributed by atoms with Crippen LogP contribution in [0.25, 0.3) is 10.8 Å². The zero-order chi connectivity index (χ0) is 20.5. The molecular weight excluding hydrogens is 404 g/mol. The molecule has 0 saturated heterocycles. The van der Waals surface area contributed by atoms with E-state index in [1.807, 2.05) is 6.26 Å². The number of hydrogen-bond acceptors (Lipinski definition) is 6. The van der Waals surface area contributed by atoms with Gasteiger partial charge in [0.1, 0.15) is 10.6 Å². The third kappa shape index (κ3) is 3.67. The summed E-state index contributed by atoms with van der Waals surface area (Å²) in [4.78, 5) is 23.7. The van der Waals surface area contributed by atoms with Crippen molar-refractivity contribution in [2.75, 3.05) is 6.26 Å². The predicted molar refractivity (Wildman–Crippen MR) is 104 cm³/mol. The molecule has 0 saturated carbocycles. The highest BCUT2D eigenvalue weighted by Gasteiger charge is 2.25. The normalized spacial score (nSPS) is 11.3. The van der Waals surface area contributed by atoms with Gasteiger partial charge in [-0.25, -0.2) is 9.59 Å². The first-order chi connectivity index (χ1) is 13.2. The van der Waals surface area contributed by atoms with Gasteiger partial charge in [0.05, 0.1) is 11.1 Å². The molecule has 28 heavy (non-hydrogen) atoms. The van der Waals surface area contributed by atoms with E-state index in [1.54, 1.807) is 12.1 Å². The van der Waals surface area contributed by atoms with Gasteiger partial charge in [0.15, 0.2) is 0 Å². The maximum atomic E-state index is 12.8. The van der Waals surface area contributed by atoms with Crippen molar-refractivity contribution in [3.05, 3.63) is 65.7 Å². The van der Waals surface area contributed by atoms with Gasteiger partial charge in [0, 0.05) is 15.7 Å². The van der Waals surface area contributed by atoms with Crippen molar-refractivity contribution in [3.63, 3.8) is 0 Å². The number of rotatable bonds is 6. The van der Waals surface area contributed by atoms with Crippen molar-refractivity contribution in [3.8, 4) is 5.75 Å². The highest BCUT2D eigenvalue weighted by Crippen LogP contribution is 2.31. The number of aromatic carboxylic acids is 2. The Morgan fingerprint density at radius 3 is 2.07 bits per heavy atom. The first-order valence-corrected chi connectivity index (χ1v) is 10.5. The zero-order valence-corrected chi connectivity index (χ0v) is 16.1. The number of benzene rings is 3. The van der Waals surface area contributed by atoms with Crippen molar-refractivity contribution in [2.24, 2.45) is 0 Å². The molecule has 3 rings (SSSR count). The fourth-order valence-corrected chi connectivity index (χ4v) is 4.29. The summed E-state index contributed by atoms with van der Waals surface area (Å²) in [7, 11) is -4.34. The standard InChI is InChI=1S/C19H14O7S2/c1-27-12-7-5-11(6-8-12)26-28(24,25)16-10-9-15(19(22)23)17-13(16)3-2-4-14(17)18(20)21/h2-10H,1H3,(H,20,21)(H,22,23). The highest BCUT2D eigenvalue weighted by molar-refractivity contribution is 7.98. The minimum absolute atomic E-state index is 0.0412. The fourth-order valence-electron chi connectivity index (χ4n) is 2.76. The Morgan fingerprint density at radius 1 is 0.893 bits per heavy atom. The van der Waals surface area contributed by atoms with E-state index in [0.717, 1.165) is 17.0 Å². The van der Waals surface area contributed by atoms with Gasteiger partial charge in [0.2, 0.25) is 0 Å². The van der Waals surface area contributed by atoms with E-state index in [1.165, 1.54) is 42.1 Å². The smallest absolute Gasteiger partial charge is 0.339 e. The summed E-state index contributed by atoms with van der Waals surface area (Å²) in [6, 6.07) is 12.5. The minimum atomic E-state index is -4.34. The van der Waals surface area contributed by atoms with Gasteiger partial charge in [-0.05, 0) is 48.7 Å². The predicted octanol–water partition coefficient (Wildman–Crippen LogP) is 3.73. The second kappa shape index (κ2) is 7.53. The van der Waals surface area contributed by atoms with Gasteiger partial charge in [-0.3, -0.25) is 0 Å². The Kier molecular flexibility index (Phi) is 5.30. The van der Waals surface area contributed by atoms with Crippen LogP contribution in [0.3, 0.4) is 0 Å². The Labute approximate surface area is 164 Å². The summed E-state index contributed by atoms with van der Waals surface area (Å²) >= 11 is 1.49. The number of thioether (sulfide) groups is 1. The Morgan fingerprint density at radius 2 is 1.50 bits per heavy atom. The van der Waals surface area contributed by atoms with Crippen LogP contribution in [0.1, 0.15) is 20.7 Å². The molecule has 0 heterocycles. The third-order valence-electron chi connectivity index (χ3n) is 4.00. The molecule has 144 valence electrons. The van der Waals surface area contributed by atoms with E-state index in [0.29, 0.717) is 0 Å². The molecule has 0 bridgehead atoms. The average molecular weight is 418 g/mol. The number of fused-ring (bicyclic) bond motifs is 1. The molecular formula is C19H14O7S2. The molecule has 0 radical (unpaired) electrons. The van der Waals surface area contributed by atoms with Crippen molar-refractivity contribution in [2.45, 2.75) is 9.79 Å². The average Bonchev–Trinajstić information content (AvgIpc) is 2.66. The second-order valence-corrected chi connectivity index (χ2v) is 8.06. The maximum absolute atomic E-state index is 12.8. The lowest BCUT2D eigenvalue weighted by atomic mass is 9.99. The minimum Gasteiger partial charge on any atom is -0.478 e. The summed E-state index contributed by atoms with van der Waals surface area (Å²) < 4.78 is 30.8. The third-order valence-corrected chi connectivity index (χ3v) is 6.05. The summed E-state index contributed by atoms with van der Waals surface area (Å²) in [5.74, 6) is -2.64. The molecule has 3 aromatic carbocycles. The van der Waals surface area contributed by atoms with Gasteiger partial charge in [-0.15, -0.1) is 11.8 Å². The number of carbonyl (C=O) groups is 2. The summed E-state index contributed by atoms with van der Waals surface area (Å²) in [5.41, 5.74) is -0.618. The Balaban J connectivity index is 2.19. The van der Waals surface area contributed by atoms with Gasteiger partial charge in [-0.1, -0.05) is 12.1 Å². The number of carboxylic acid groups (broad SMARTS) is 2. The maximum Gasteiger partial charge on any atom is 0.339 e. The zero-order valence-electron chi connectivity index (χ0n) is 14.4. The van der Waals surface area contributed by atoms with Crippen LogP contribution >= 0.6 is 11.8 Å². The van der Waals surface area contributed by atoms with Crippen LogP contribution in [0.4, 0.5) is 0 Å². The number of carboxylic acids is 2.